The summed E-state index contributed by atoms with van der Waals surface area (Å²) in [6.45, 7) is 0.356. The maximum atomic E-state index is 5.41. The van der Waals surface area contributed by atoms with Crippen molar-refractivity contribution >= 4 is 23.3 Å². The van der Waals surface area contributed by atoms with Gasteiger partial charge in [0.25, 0.3) is 0 Å². The lowest BCUT2D eigenvalue weighted by atomic mass is 10.1. The third-order valence-corrected chi connectivity index (χ3v) is 4.18. The molecule has 0 saturated carbocycles. The zero-order valence-corrected chi connectivity index (χ0v) is 12.1. The van der Waals surface area contributed by atoms with Crippen LogP contribution >= 0.6 is 23.3 Å². The van der Waals surface area contributed by atoms with Gasteiger partial charge in [-0.25, -0.2) is 4.98 Å². The molecule has 0 amide bonds. The van der Waals surface area contributed by atoms with Crippen molar-refractivity contribution in [2.75, 3.05) is 13.7 Å². The standard InChI is InChI=1S/C13H13N3OS2/c1-17-12-5-4-10(3-2-6-14)11(7-12)8-18-13-15-9-16-19-13/h4-5,7,9H,6,8,14H2,1H3. The summed E-state index contributed by atoms with van der Waals surface area (Å²) in [5.74, 6) is 7.56. The molecule has 1 heterocycles. The van der Waals surface area contributed by atoms with Crippen molar-refractivity contribution in [2.45, 2.75) is 10.1 Å². The van der Waals surface area contributed by atoms with E-state index in [1.54, 1.807) is 25.2 Å². The predicted molar refractivity (Wildman–Crippen MR) is 78.4 cm³/mol. The lowest BCUT2D eigenvalue weighted by Crippen LogP contribution is -1.95. The van der Waals surface area contributed by atoms with E-state index in [0.717, 1.165) is 27.0 Å². The van der Waals surface area contributed by atoms with Gasteiger partial charge >= 0.3 is 0 Å². The van der Waals surface area contributed by atoms with Crippen LogP contribution in [-0.4, -0.2) is 23.0 Å². The number of ether oxygens (including phenoxy) is 1. The Kier molecular flexibility index (Phi) is 5.21. The van der Waals surface area contributed by atoms with E-state index in [1.165, 1.54) is 11.5 Å². The van der Waals surface area contributed by atoms with Crippen LogP contribution in [0.1, 0.15) is 11.1 Å². The molecule has 0 atom stereocenters. The van der Waals surface area contributed by atoms with Crippen molar-refractivity contribution in [1.29, 1.82) is 0 Å². The third-order valence-electron chi connectivity index (χ3n) is 2.33. The van der Waals surface area contributed by atoms with Crippen LogP contribution in [-0.2, 0) is 5.75 Å². The fraction of sp³-hybridized carbons (Fsp3) is 0.231. The normalized spacial score (nSPS) is 9.79. The monoisotopic (exact) mass is 291 g/mol. The highest BCUT2D eigenvalue weighted by Crippen LogP contribution is 2.27. The highest BCUT2D eigenvalue weighted by atomic mass is 32.2. The molecule has 1 aromatic carbocycles. The van der Waals surface area contributed by atoms with Gasteiger partial charge in [-0.1, -0.05) is 23.6 Å². The Balaban J connectivity index is 2.19. The molecule has 0 saturated heterocycles. The Bertz CT molecular complexity index is 588. The first-order valence-electron chi connectivity index (χ1n) is 5.59. The maximum Gasteiger partial charge on any atom is 0.170 e. The number of methoxy groups -OCH3 is 1. The SMILES string of the molecule is COc1ccc(C#CCN)c(CSc2ncns2)c1. The van der Waals surface area contributed by atoms with Crippen molar-refractivity contribution in [3.63, 3.8) is 0 Å². The molecule has 0 fully saturated rings. The zero-order valence-electron chi connectivity index (χ0n) is 10.4. The van der Waals surface area contributed by atoms with Gasteiger partial charge < -0.3 is 10.5 Å². The summed E-state index contributed by atoms with van der Waals surface area (Å²) in [7, 11) is 1.65. The molecule has 0 bridgehead atoms. The Morgan fingerprint density at radius 1 is 1.47 bits per heavy atom. The Morgan fingerprint density at radius 3 is 3.05 bits per heavy atom. The molecule has 2 N–H and O–H groups in total. The van der Waals surface area contributed by atoms with E-state index in [2.05, 4.69) is 21.2 Å². The van der Waals surface area contributed by atoms with Crippen molar-refractivity contribution in [2.24, 2.45) is 5.73 Å². The summed E-state index contributed by atoms with van der Waals surface area (Å²) >= 11 is 3.03. The van der Waals surface area contributed by atoms with Crippen molar-refractivity contribution in [1.82, 2.24) is 9.36 Å². The molecular formula is C13H13N3OS2. The summed E-state index contributed by atoms with van der Waals surface area (Å²) < 4.78 is 10.2. The van der Waals surface area contributed by atoms with Crippen LogP contribution in [0.3, 0.4) is 0 Å². The maximum absolute atomic E-state index is 5.41. The predicted octanol–water partition coefficient (Wildman–Crippen LogP) is 2.15. The van der Waals surface area contributed by atoms with Gasteiger partial charge in [0.1, 0.15) is 12.1 Å². The van der Waals surface area contributed by atoms with Crippen molar-refractivity contribution in [3.05, 3.63) is 35.7 Å². The van der Waals surface area contributed by atoms with E-state index in [9.17, 15) is 0 Å². The van der Waals surface area contributed by atoms with Crippen LogP contribution in [0, 0.1) is 11.8 Å². The average molecular weight is 291 g/mol. The largest absolute Gasteiger partial charge is 0.497 e. The molecule has 6 heteroatoms. The minimum atomic E-state index is 0.356. The minimum absolute atomic E-state index is 0.356. The first kappa shape index (κ1) is 13.9. The van der Waals surface area contributed by atoms with Crippen LogP contribution in [0.4, 0.5) is 0 Å². The van der Waals surface area contributed by atoms with E-state index in [1.807, 2.05) is 18.2 Å². The van der Waals surface area contributed by atoms with Gasteiger partial charge in [0.2, 0.25) is 0 Å². The molecule has 2 aromatic rings. The van der Waals surface area contributed by atoms with E-state index >= 15 is 0 Å². The second-order valence-corrected chi connectivity index (χ2v) is 5.53. The Morgan fingerprint density at radius 2 is 2.37 bits per heavy atom. The Labute approximate surface area is 120 Å². The van der Waals surface area contributed by atoms with Crippen LogP contribution in [0.15, 0.2) is 28.9 Å². The van der Waals surface area contributed by atoms with Gasteiger partial charge in [-0.05, 0) is 35.3 Å². The van der Waals surface area contributed by atoms with Gasteiger partial charge in [-0.3, -0.25) is 0 Å². The van der Waals surface area contributed by atoms with Crippen molar-refractivity contribution in [3.8, 4) is 17.6 Å². The van der Waals surface area contributed by atoms with E-state index in [0.29, 0.717) is 6.54 Å². The molecule has 0 unspecified atom stereocenters. The van der Waals surface area contributed by atoms with E-state index < -0.39 is 0 Å². The average Bonchev–Trinajstić information content (AvgIpc) is 2.96. The molecule has 98 valence electrons. The fourth-order valence-corrected chi connectivity index (χ4v) is 2.89. The van der Waals surface area contributed by atoms with Gasteiger partial charge in [-0.15, -0.1) is 0 Å². The fourth-order valence-electron chi connectivity index (χ4n) is 1.45. The van der Waals surface area contributed by atoms with Crippen LogP contribution in [0.25, 0.3) is 0 Å². The van der Waals surface area contributed by atoms with E-state index in [-0.39, 0.29) is 0 Å². The number of rotatable bonds is 4. The van der Waals surface area contributed by atoms with Crippen LogP contribution < -0.4 is 10.5 Å². The highest BCUT2D eigenvalue weighted by Gasteiger charge is 2.05. The number of thioether (sulfide) groups is 1. The number of aromatic nitrogens is 2. The van der Waals surface area contributed by atoms with Gasteiger partial charge in [0, 0.05) is 11.3 Å². The van der Waals surface area contributed by atoms with E-state index in [4.69, 9.17) is 10.5 Å². The zero-order chi connectivity index (χ0) is 13.5. The summed E-state index contributed by atoms with van der Waals surface area (Å²) in [4.78, 5) is 4.15. The molecule has 19 heavy (non-hydrogen) atoms. The molecule has 4 nitrogen and oxygen atoms in total. The van der Waals surface area contributed by atoms with Crippen LogP contribution in [0.5, 0.6) is 5.75 Å². The Hall–Kier alpha value is -1.55. The highest BCUT2D eigenvalue weighted by molar-refractivity contribution is 8.00. The smallest absolute Gasteiger partial charge is 0.170 e. The summed E-state index contributed by atoms with van der Waals surface area (Å²) in [6.07, 6.45) is 1.56. The van der Waals surface area contributed by atoms with Crippen LogP contribution in [0.2, 0.25) is 0 Å². The molecular weight excluding hydrogens is 278 g/mol. The summed E-state index contributed by atoms with van der Waals surface area (Å²) in [5, 5.41) is 0. The first-order chi connectivity index (χ1) is 9.33. The molecule has 0 aliphatic heterocycles. The topological polar surface area (TPSA) is 61.0 Å². The van der Waals surface area contributed by atoms with Gasteiger partial charge in [-0.2, -0.15) is 4.37 Å². The lowest BCUT2D eigenvalue weighted by Gasteiger charge is -2.06. The quantitative estimate of drug-likeness (QED) is 0.691. The second kappa shape index (κ2) is 7.14. The van der Waals surface area contributed by atoms with Gasteiger partial charge in [0.15, 0.2) is 4.34 Å². The number of nitrogens with zero attached hydrogens (tertiary/aromatic N) is 2. The molecule has 1 aromatic heterocycles. The number of hydrogen-bond acceptors (Lipinski definition) is 6. The third kappa shape index (κ3) is 3.96. The molecule has 0 aliphatic rings. The second-order valence-electron chi connectivity index (χ2n) is 3.52. The minimum Gasteiger partial charge on any atom is -0.497 e. The molecule has 0 spiro atoms. The molecule has 2 rings (SSSR count). The number of hydrogen-bond donors (Lipinski definition) is 1. The first-order valence-corrected chi connectivity index (χ1v) is 7.34. The molecule has 0 radical (unpaired) electrons. The van der Waals surface area contributed by atoms with Crippen molar-refractivity contribution < 1.29 is 4.74 Å². The number of benzene rings is 1. The van der Waals surface area contributed by atoms with Gasteiger partial charge in [0.05, 0.1) is 13.7 Å². The molecule has 0 aliphatic carbocycles. The number of nitrogens with two attached hydrogens (primary N) is 1. The summed E-state index contributed by atoms with van der Waals surface area (Å²) in [5.41, 5.74) is 7.50. The summed E-state index contributed by atoms with van der Waals surface area (Å²) in [6, 6.07) is 5.85. The lowest BCUT2D eigenvalue weighted by molar-refractivity contribution is 0.414.